The lowest BCUT2D eigenvalue weighted by Gasteiger charge is -2.18. The van der Waals surface area contributed by atoms with Gasteiger partial charge >= 0.3 is 6.18 Å². The Morgan fingerprint density at radius 1 is 1.14 bits per heavy atom. The zero-order chi connectivity index (χ0) is 21.2. The van der Waals surface area contributed by atoms with Crippen LogP contribution < -0.4 is 4.31 Å². The van der Waals surface area contributed by atoms with Crippen LogP contribution in [0.1, 0.15) is 16.7 Å². The maximum atomic E-state index is 12.9. The first kappa shape index (κ1) is 20.5. The van der Waals surface area contributed by atoms with Crippen molar-refractivity contribution >= 4 is 28.1 Å². The summed E-state index contributed by atoms with van der Waals surface area (Å²) in [6, 6.07) is 13.4. The fraction of sp³-hybridized carbons (Fsp3) is 0.150. The van der Waals surface area contributed by atoms with E-state index in [2.05, 4.69) is 0 Å². The third kappa shape index (κ3) is 4.43. The van der Waals surface area contributed by atoms with Crippen molar-refractivity contribution in [2.45, 2.75) is 17.5 Å². The third-order valence-corrected chi connectivity index (χ3v) is 5.81. The summed E-state index contributed by atoms with van der Waals surface area (Å²) in [6.45, 7) is 0.493. The third-order valence-electron chi connectivity index (χ3n) is 4.35. The number of rotatable bonds is 5. The van der Waals surface area contributed by atoms with Crippen LogP contribution in [0.2, 0.25) is 0 Å². The number of nitrogens with one attached hydrogen (secondary N) is 2. The Bertz CT molecular complexity index is 1070. The molecule has 2 aromatic carbocycles. The minimum absolute atomic E-state index is 0.145. The summed E-state index contributed by atoms with van der Waals surface area (Å²) in [5, 5.41) is 23.7. The Kier molecular flexibility index (Phi) is 5.66. The lowest BCUT2D eigenvalue weighted by molar-refractivity contribution is -0.0584. The topological polar surface area (TPSA) is 91.8 Å². The predicted octanol–water partition coefficient (Wildman–Crippen LogP) is 4.15. The molecule has 0 fully saturated rings. The molecular formula is C20H15F3N4OS. The Morgan fingerprint density at radius 3 is 2.45 bits per heavy atom. The van der Waals surface area contributed by atoms with Crippen LogP contribution in [0.5, 0.6) is 0 Å². The second-order valence-electron chi connectivity index (χ2n) is 6.24. The Hall–Kier alpha value is -3.25. The molecule has 29 heavy (non-hydrogen) atoms. The second kappa shape index (κ2) is 8.01. The highest BCUT2D eigenvalue weighted by Crippen LogP contribution is 2.32. The van der Waals surface area contributed by atoms with Crippen LogP contribution in [0.15, 0.2) is 59.5 Å². The quantitative estimate of drug-likeness (QED) is 0.717. The summed E-state index contributed by atoms with van der Waals surface area (Å²) in [5.41, 5.74) is 0.800. The normalized spacial score (nSPS) is 14.5. The van der Waals surface area contributed by atoms with Crippen molar-refractivity contribution in [3.63, 3.8) is 0 Å². The van der Waals surface area contributed by atoms with E-state index >= 15 is 0 Å². The van der Waals surface area contributed by atoms with Crippen LogP contribution in [-0.4, -0.2) is 28.4 Å². The van der Waals surface area contributed by atoms with Crippen molar-refractivity contribution in [1.82, 2.24) is 0 Å². The Morgan fingerprint density at radius 2 is 1.83 bits per heavy atom. The molecule has 1 aliphatic heterocycles. The fourth-order valence-corrected chi connectivity index (χ4v) is 4.08. The first-order valence-electron chi connectivity index (χ1n) is 8.46. The molecule has 5 nitrogen and oxygen atoms in total. The minimum atomic E-state index is -4.75. The number of alkyl halides is 3. The summed E-state index contributed by atoms with van der Waals surface area (Å²) < 4.78 is 51.7. The van der Waals surface area contributed by atoms with Crippen LogP contribution in [0.4, 0.5) is 18.9 Å². The first-order chi connectivity index (χ1) is 13.7. The van der Waals surface area contributed by atoms with E-state index in [1.54, 1.807) is 46.8 Å². The molecule has 9 heteroatoms. The standard InChI is InChI=1S/C20H15F3N4OS/c21-20(22,23)19(26)8-6-17(25)14-3-7-18-15(11-14)9-10-27(18)29(28)16-4-1-13(12-24)2-5-16/h1-8,11,25-26H,9-10H2/b8-6-,25-17?,26-19?. The van der Waals surface area contributed by atoms with Gasteiger partial charge in [-0.1, -0.05) is 6.07 Å². The van der Waals surface area contributed by atoms with E-state index in [0.29, 0.717) is 35.1 Å². The molecule has 148 valence electrons. The number of benzene rings is 2. The van der Waals surface area contributed by atoms with E-state index in [-0.39, 0.29) is 5.71 Å². The molecule has 0 aromatic heterocycles. The van der Waals surface area contributed by atoms with Crippen LogP contribution in [0.3, 0.4) is 0 Å². The molecule has 0 spiro atoms. The largest absolute Gasteiger partial charge is 0.432 e. The number of nitriles is 1. The Balaban J connectivity index is 1.78. The fourth-order valence-electron chi connectivity index (χ4n) is 2.84. The molecule has 0 saturated carbocycles. The van der Waals surface area contributed by atoms with Crippen LogP contribution in [0.25, 0.3) is 0 Å². The first-order valence-corrected chi connectivity index (χ1v) is 9.56. The summed E-state index contributed by atoms with van der Waals surface area (Å²) in [4.78, 5) is 0.558. The molecule has 0 bridgehead atoms. The summed E-state index contributed by atoms with van der Waals surface area (Å²) in [5.74, 6) is 0. The molecule has 1 atom stereocenters. The summed E-state index contributed by atoms with van der Waals surface area (Å²) in [6.07, 6.45) is -2.66. The lowest BCUT2D eigenvalue weighted by atomic mass is 10.0. The average Bonchev–Trinajstić information content (AvgIpc) is 3.13. The molecule has 2 aromatic rings. The van der Waals surface area contributed by atoms with Gasteiger partial charge in [-0.05, 0) is 66.1 Å². The SMILES string of the molecule is N#Cc1ccc(S(=O)N2CCc3cc(C(=N)/C=C\C(=N)C(F)(F)F)ccc32)cc1. The van der Waals surface area contributed by atoms with Crippen LogP contribution in [-0.2, 0) is 17.4 Å². The molecule has 0 amide bonds. The monoisotopic (exact) mass is 416 g/mol. The zero-order valence-electron chi connectivity index (χ0n) is 15.0. The maximum Gasteiger partial charge on any atom is 0.432 e. The van der Waals surface area contributed by atoms with Gasteiger partial charge in [0, 0.05) is 6.54 Å². The van der Waals surface area contributed by atoms with E-state index < -0.39 is 22.9 Å². The van der Waals surface area contributed by atoms with Crippen molar-refractivity contribution in [3.8, 4) is 6.07 Å². The van der Waals surface area contributed by atoms with Gasteiger partial charge in [-0.3, -0.25) is 9.71 Å². The van der Waals surface area contributed by atoms with Crippen molar-refractivity contribution in [2.75, 3.05) is 10.8 Å². The zero-order valence-corrected chi connectivity index (χ0v) is 15.8. The van der Waals surface area contributed by atoms with Gasteiger partial charge in [-0.2, -0.15) is 18.4 Å². The van der Waals surface area contributed by atoms with E-state index in [4.69, 9.17) is 16.1 Å². The van der Waals surface area contributed by atoms with Gasteiger partial charge in [0.05, 0.1) is 27.9 Å². The second-order valence-corrected chi connectivity index (χ2v) is 7.65. The molecule has 2 N–H and O–H groups in total. The molecular weight excluding hydrogens is 401 g/mol. The van der Waals surface area contributed by atoms with Gasteiger partial charge in [0.1, 0.15) is 5.71 Å². The van der Waals surface area contributed by atoms with Crippen molar-refractivity contribution in [2.24, 2.45) is 0 Å². The van der Waals surface area contributed by atoms with Crippen molar-refractivity contribution < 1.29 is 17.4 Å². The molecule has 1 heterocycles. The number of hydrogen-bond acceptors (Lipinski definition) is 4. The number of hydrogen-bond donors (Lipinski definition) is 2. The highest BCUT2D eigenvalue weighted by atomic mass is 32.2. The smallest absolute Gasteiger partial charge is 0.300 e. The average molecular weight is 416 g/mol. The van der Waals surface area contributed by atoms with Gasteiger partial charge in [-0.15, -0.1) is 0 Å². The van der Waals surface area contributed by atoms with Crippen LogP contribution in [0, 0.1) is 22.1 Å². The van der Waals surface area contributed by atoms with Gasteiger partial charge in [0.2, 0.25) is 0 Å². The van der Waals surface area contributed by atoms with Crippen LogP contribution >= 0.6 is 0 Å². The molecule has 3 rings (SSSR count). The van der Waals surface area contributed by atoms with E-state index in [1.165, 1.54) is 0 Å². The number of anilines is 1. The number of nitrogens with zero attached hydrogens (tertiary/aromatic N) is 2. The highest BCUT2D eigenvalue weighted by Gasteiger charge is 2.32. The summed E-state index contributed by atoms with van der Waals surface area (Å²) in [7, 11) is -1.46. The lowest BCUT2D eigenvalue weighted by Crippen LogP contribution is -2.23. The predicted molar refractivity (Wildman–Crippen MR) is 105 cm³/mol. The Labute approximate surface area is 167 Å². The van der Waals surface area contributed by atoms with Crippen molar-refractivity contribution in [3.05, 3.63) is 71.3 Å². The maximum absolute atomic E-state index is 12.9. The number of allylic oxidation sites excluding steroid dienone is 2. The highest BCUT2D eigenvalue weighted by molar-refractivity contribution is 7.86. The van der Waals surface area contributed by atoms with Gasteiger partial charge in [-0.25, -0.2) is 4.21 Å². The van der Waals surface area contributed by atoms with Gasteiger partial charge < -0.3 is 5.41 Å². The van der Waals surface area contributed by atoms with Gasteiger partial charge in [0.15, 0.2) is 11.0 Å². The number of halogens is 3. The molecule has 1 aliphatic rings. The summed E-state index contributed by atoms with van der Waals surface area (Å²) >= 11 is 0. The molecule has 0 radical (unpaired) electrons. The molecule has 1 unspecified atom stereocenters. The van der Waals surface area contributed by atoms with Crippen molar-refractivity contribution in [1.29, 1.82) is 16.1 Å². The van der Waals surface area contributed by atoms with Gasteiger partial charge in [0.25, 0.3) is 0 Å². The molecule has 0 aliphatic carbocycles. The van der Waals surface area contributed by atoms with E-state index in [0.717, 1.165) is 17.3 Å². The van der Waals surface area contributed by atoms with E-state index in [9.17, 15) is 17.4 Å². The minimum Gasteiger partial charge on any atom is -0.300 e. The van der Waals surface area contributed by atoms with E-state index in [1.807, 2.05) is 6.07 Å². The number of fused-ring (bicyclic) bond motifs is 1. The molecule has 0 saturated heterocycles.